The molecule has 0 atom stereocenters. The second kappa shape index (κ2) is 14.7. The number of nitrogens with one attached hydrogen (secondary N) is 1. The van der Waals surface area contributed by atoms with E-state index < -0.39 is 6.03 Å². The molecule has 43 heavy (non-hydrogen) atoms. The minimum atomic E-state index is -0.397. The van der Waals surface area contributed by atoms with Gasteiger partial charge in [-0.3, -0.25) is 9.69 Å². The van der Waals surface area contributed by atoms with Crippen LogP contribution in [0.25, 0.3) is 0 Å². The highest BCUT2D eigenvalue weighted by molar-refractivity contribution is 5.92. The summed E-state index contributed by atoms with van der Waals surface area (Å²) in [6, 6.07) is 13.9. The average molecular weight is 595 g/mol. The van der Waals surface area contributed by atoms with E-state index in [0.29, 0.717) is 67.2 Å². The van der Waals surface area contributed by atoms with Gasteiger partial charge in [-0.25, -0.2) is 4.79 Å². The quantitative estimate of drug-likeness (QED) is 0.316. The number of urea groups is 1. The summed E-state index contributed by atoms with van der Waals surface area (Å²) in [7, 11) is 3.09. The van der Waals surface area contributed by atoms with Gasteiger partial charge in [-0.2, -0.15) is 0 Å². The van der Waals surface area contributed by atoms with Crippen LogP contribution in [0.15, 0.2) is 59.2 Å². The van der Waals surface area contributed by atoms with Crippen LogP contribution >= 0.6 is 0 Å². The molecule has 1 aromatic heterocycles. The van der Waals surface area contributed by atoms with Gasteiger partial charge in [0.2, 0.25) is 12.7 Å². The van der Waals surface area contributed by atoms with E-state index in [1.807, 2.05) is 24.3 Å². The van der Waals surface area contributed by atoms with Crippen LogP contribution in [0.1, 0.15) is 17.7 Å². The molecule has 230 valence electrons. The number of fused-ring (bicyclic) bond motifs is 1. The van der Waals surface area contributed by atoms with Crippen LogP contribution in [0.4, 0.5) is 10.5 Å². The number of nitrogens with zero attached hydrogens (tertiary/aromatic N) is 3. The maximum absolute atomic E-state index is 13.9. The lowest BCUT2D eigenvalue weighted by Crippen LogP contribution is -2.45. The molecule has 1 saturated heterocycles. The number of carbonyl (C=O) groups excluding carboxylic acids is 2. The van der Waals surface area contributed by atoms with Gasteiger partial charge in [0.05, 0.1) is 40.2 Å². The monoisotopic (exact) mass is 594 g/mol. The van der Waals surface area contributed by atoms with E-state index >= 15 is 0 Å². The van der Waals surface area contributed by atoms with Crippen LogP contribution in [0.5, 0.6) is 23.0 Å². The molecule has 1 fully saturated rings. The second-order valence-electron chi connectivity index (χ2n) is 10.3. The molecule has 2 aliphatic heterocycles. The molecule has 12 nitrogen and oxygen atoms in total. The van der Waals surface area contributed by atoms with Crippen molar-refractivity contribution in [1.82, 2.24) is 14.7 Å². The van der Waals surface area contributed by atoms with Gasteiger partial charge in [0, 0.05) is 56.6 Å². The highest BCUT2D eigenvalue weighted by Crippen LogP contribution is 2.33. The van der Waals surface area contributed by atoms with Crippen molar-refractivity contribution in [3.63, 3.8) is 0 Å². The van der Waals surface area contributed by atoms with E-state index in [4.69, 9.17) is 28.1 Å². The summed E-state index contributed by atoms with van der Waals surface area (Å²) in [6.45, 7) is 4.86. The van der Waals surface area contributed by atoms with E-state index in [9.17, 15) is 9.59 Å². The zero-order valence-electron chi connectivity index (χ0n) is 24.6. The smallest absolute Gasteiger partial charge is 0.322 e. The number of anilines is 1. The summed E-state index contributed by atoms with van der Waals surface area (Å²) < 4.78 is 32.7. The summed E-state index contributed by atoms with van der Waals surface area (Å²) >= 11 is 0. The van der Waals surface area contributed by atoms with E-state index in [1.54, 1.807) is 54.5 Å². The fourth-order valence-corrected chi connectivity index (χ4v) is 4.99. The number of morpholine rings is 1. The third-order valence-electron chi connectivity index (χ3n) is 7.31. The van der Waals surface area contributed by atoms with E-state index in [1.165, 1.54) is 0 Å². The number of benzene rings is 2. The molecule has 5 rings (SSSR count). The van der Waals surface area contributed by atoms with Crippen LogP contribution < -0.4 is 24.3 Å². The van der Waals surface area contributed by atoms with Gasteiger partial charge in [0.15, 0.2) is 11.5 Å². The number of furan rings is 1. The molecule has 0 radical (unpaired) electrons. The van der Waals surface area contributed by atoms with Crippen LogP contribution in [-0.4, -0.2) is 93.6 Å². The van der Waals surface area contributed by atoms with Crippen molar-refractivity contribution >= 4 is 17.6 Å². The predicted molar refractivity (Wildman–Crippen MR) is 158 cm³/mol. The molecular weight excluding hydrogens is 556 g/mol. The molecule has 0 unspecified atom stereocenters. The Bertz CT molecular complexity index is 1340. The summed E-state index contributed by atoms with van der Waals surface area (Å²) in [6.07, 6.45) is 2.27. The van der Waals surface area contributed by atoms with Crippen molar-refractivity contribution < 1.29 is 37.7 Å². The van der Waals surface area contributed by atoms with Crippen molar-refractivity contribution in [2.75, 3.05) is 72.3 Å². The maximum Gasteiger partial charge on any atom is 0.322 e. The Hall–Kier alpha value is -4.42. The number of ether oxygens (including phenoxy) is 5. The van der Waals surface area contributed by atoms with Gasteiger partial charge in [-0.15, -0.1) is 0 Å². The average Bonchev–Trinajstić information content (AvgIpc) is 3.72. The molecule has 0 bridgehead atoms. The molecule has 3 aromatic rings. The Kier molecular flexibility index (Phi) is 10.2. The van der Waals surface area contributed by atoms with Gasteiger partial charge >= 0.3 is 6.03 Å². The zero-order valence-corrected chi connectivity index (χ0v) is 24.6. The highest BCUT2D eigenvalue weighted by Gasteiger charge is 2.24. The number of rotatable bonds is 13. The summed E-state index contributed by atoms with van der Waals surface area (Å²) in [4.78, 5) is 33.0. The highest BCUT2D eigenvalue weighted by atomic mass is 16.7. The second-order valence-corrected chi connectivity index (χ2v) is 10.3. The Morgan fingerprint density at radius 1 is 0.930 bits per heavy atom. The molecule has 1 N–H and O–H groups in total. The Labute approximate surface area is 251 Å². The van der Waals surface area contributed by atoms with Crippen LogP contribution in [0.3, 0.4) is 0 Å². The normalized spacial score (nSPS) is 14.3. The predicted octanol–water partition coefficient (Wildman–Crippen LogP) is 3.81. The van der Waals surface area contributed by atoms with E-state index in [-0.39, 0.29) is 25.8 Å². The molecule has 2 aliphatic rings. The largest absolute Gasteiger partial charge is 0.497 e. The minimum absolute atomic E-state index is 0.124. The number of carbonyl (C=O) groups is 2. The van der Waals surface area contributed by atoms with Crippen molar-refractivity contribution in [3.8, 4) is 23.0 Å². The maximum atomic E-state index is 13.9. The molecule has 3 amide bonds. The first-order valence-electron chi connectivity index (χ1n) is 14.3. The third kappa shape index (κ3) is 8.33. The van der Waals surface area contributed by atoms with Crippen LogP contribution in [0, 0.1) is 0 Å². The molecule has 12 heteroatoms. The van der Waals surface area contributed by atoms with Gasteiger partial charge in [0.1, 0.15) is 23.8 Å². The minimum Gasteiger partial charge on any atom is -0.497 e. The van der Waals surface area contributed by atoms with Gasteiger partial charge in [-0.05, 0) is 36.2 Å². The molecule has 0 saturated carbocycles. The molecule has 2 aromatic carbocycles. The van der Waals surface area contributed by atoms with Crippen LogP contribution in [0.2, 0.25) is 0 Å². The van der Waals surface area contributed by atoms with Gasteiger partial charge in [0.25, 0.3) is 0 Å². The number of hydrogen-bond acceptors (Lipinski definition) is 9. The molecular formula is C31H38N4O8. The molecule has 0 spiro atoms. The van der Waals surface area contributed by atoms with Crippen molar-refractivity contribution in [2.24, 2.45) is 0 Å². The third-order valence-corrected chi connectivity index (χ3v) is 7.31. The number of amides is 3. The van der Waals surface area contributed by atoms with Gasteiger partial charge < -0.3 is 43.2 Å². The van der Waals surface area contributed by atoms with E-state index in [2.05, 4.69) is 10.2 Å². The van der Waals surface area contributed by atoms with Crippen molar-refractivity contribution in [3.05, 3.63) is 66.1 Å². The zero-order chi connectivity index (χ0) is 30.0. The first-order valence-corrected chi connectivity index (χ1v) is 14.3. The SMILES string of the molecule is COc1cc(NC(=O)N(CCCN2CCOCC2)CC(=O)N(Cc2ccc3c(c2)OCO3)Cc2ccco2)cc(OC)c1. The first kappa shape index (κ1) is 30.1. The molecule has 0 aliphatic carbocycles. The fourth-order valence-electron chi connectivity index (χ4n) is 4.99. The summed E-state index contributed by atoms with van der Waals surface area (Å²) in [5, 5.41) is 2.92. The first-order chi connectivity index (χ1) is 21.0. The van der Waals surface area contributed by atoms with Crippen molar-refractivity contribution in [1.29, 1.82) is 0 Å². The summed E-state index contributed by atoms with van der Waals surface area (Å²) in [5.74, 6) is 2.81. The Morgan fingerprint density at radius 2 is 1.70 bits per heavy atom. The fraction of sp³-hybridized carbons (Fsp3) is 0.419. The van der Waals surface area contributed by atoms with Crippen molar-refractivity contribution in [2.45, 2.75) is 19.5 Å². The lowest BCUT2D eigenvalue weighted by Gasteiger charge is -2.30. The Morgan fingerprint density at radius 3 is 2.42 bits per heavy atom. The van der Waals surface area contributed by atoms with Gasteiger partial charge in [-0.1, -0.05) is 6.07 Å². The van der Waals surface area contributed by atoms with E-state index in [0.717, 1.165) is 25.2 Å². The number of hydrogen-bond donors (Lipinski definition) is 1. The summed E-state index contributed by atoms with van der Waals surface area (Å²) in [5.41, 5.74) is 1.37. The number of methoxy groups -OCH3 is 2. The Balaban J connectivity index is 1.32. The standard InChI is InChI=1S/C31H38N4O8/c1-38-26-16-24(17-27(18-26)39-2)32-31(37)34(9-4-8-33-10-13-40-14-11-33)21-30(36)35(20-25-5-3-12-41-25)19-23-6-7-28-29(15-23)43-22-42-28/h3,5-7,12,15-18H,4,8-11,13-14,19-22H2,1-2H3,(H,32,37). The van der Waals surface area contributed by atoms with Crippen LogP contribution in [-0.2, 0) is 22.6 Å². The lowest BCUT2D eigenvalue weighted by molar-refractivity contribution is -0.133. The molecule has 3 heterocycles. The lowest BCUT2D eigenvalue weighted by atomic mass is 10.2. The topological polar surface area (TPSA) is 115 Å².